The molecular formula is C14H16N4O2Se. The molecule has 6 nitrogen and oxygen atoms in total. The van der Waals surface area contributed by atoms with Crippen LogP contribution in [0.5, 0.6) is 0 Å². The van der Waals surface area contributed by atoms with Gasteiger partial charge < -0.3 is 0 Å². The van der Waals surface area contributed by atoms with Crippen molar-refractivity contribution in [2.75, 3.05) is 18.0 Å². The van der Waals surface area contributed by atoms with Gasteiger partial charge in [-0.2, -0.15) is 0 Å². The molecule has 0 fully saturated rings. The average molecular weight is 351 g/mol. The third kappa shape index (κ3) is 4.00. The van der Waals surface area contributed by atoms with Crippen molar-refractivity contribution >= 4 is 35.0 Å². The van der Waals surface area contributed by atoms with Gasteiger partial charge in [-0.1, -0.05) is 0 Å². The van der Waals surface area contributed by atoms with Gasteiger partial charge in [-0.05, 0) is 0 Å². The summed E-state index contributed by atoms with van der Waals surface area (Å²) < 4.78 is 2.27. The molecule has 110 valence electrons. The van der Waals surface area contributed by atoms with E-state index in [0.717, 1.165) is 17.7 Å². The van der Waals surface area contributed by atoms with Crippen LogP contribution in [0.15, 0.2) is 46.6 Å². The molecule has 1 aromatic heterocycles. The minimum absolute atomic E-state index is 0.0590. The summed E-state index contributed by atoms with van der Waals surface area (Å²) in [4.78, 5) is 12.5. The Kier molecular flexibility index (Phi) is 5.25. The molecule has 7 heteroatoms. The van der Waals surface area contributed by atoms with E-state index in [1.807, 2.05) is 6.07 Å². The van der Waals surface area contributed by atoms with E-state index in [-0.39, 0.29) is 20.2 Å². The van der Waals surface area contributed by atoms with Crippen LogP contribution in [0.2, 0.25) is 0 Å². The molecule has 0 aliphatic carbocycles. The van der Waals surface area contributed by atoms with Gasteiger partial charge in [-0.25, -0.2) is 0 Å². The zero-order valence-electron chi connectivity index (χ0n) is 11.9. The molecule has 2 aromatic rings. The number of azo groups is 1. The maximum absolute atomic E-state index is 10.6. The number of hydrogen-bond acceptors (Lipinski definition) is 5. The summed E-state index contributed by atoms with van der Waals surface area (Å²) in [6.07, 6.45) is 0. The summed E-state index contributed by atoms with van der Waals surface area (Å²) in [5, 5.41) is 18.9. The van der Waals surface area contributed by atoms with E-state index in [9.17, 15) is 10.1 Å². The third-order valence-corrected chi connectivity index (χ3v) is 5.14. The Balaban J connectivity index is 2.09. The van der Waals surface area contributed by atoms with Crippen LogP contribution in [0, 0.1) is 10.1 Å². The zero-order valence-corrected chi connectivity index (χ0v) is 13.6. The monoisotopic (exact) mass is 352 g/mol. The van der Waals surface area contributed by atoms with E-state index in [1.54, 1.807) is 12.1 Å². The molecule has 21 heavy (non-hydrogen) atoms. The number of benzene rings is 1. The molecule has 0 aliphatic heterocycles. The molecule has 0 amide bonds. The normalized spacial score (nSPS) is 11.0. The van der Waals surface area contributed by atoms with E-state index < -0.39 is 4.92 Å². The van der Waals surface area contributed by atoms with E-state index in [4.69, 9.17) is 0 Å². The fourth-order valence-corrected chi connectivity index (χ4v) is 3.83. The van der Waals surface area contributed by atoms with Crippen LogP contribution >= 0.6 is 0 Å². The molecular weight excluding hydrogens is 335 g/mol. The summed E-state index contributed by atoms with van der Waals surface area (Å²) in [6, 6.07) is 10.1. The second kappa shape index (κ2) is 7.15. The Morgan fingerprint density at radius 3 is 2.33 bits per heavy atom. The quantitative estimate of drug-likeness (QED) is 0.343. The second-order valence-corrected chi connectivity index (χ2v) is 6.44. The summed E-state index contributed by atoms with van der Waals surface area (Å²) in [5.74, 6) is 0. The van der Waals surface area contributed by atoms with Gasteiger partial charge in [0.05, 0.1) is 0 Å². The molecule has 0 saturated heterocycles. The second-order valence-electron chi connectivity index (χ2n) is 4.26. The predicted molar refractivity (Wildman–Crippen MR) is 84.2 cm³/mol. The van der Waals surface area contributed by atoms with E-state index >= 15 is 0 Å². The summed E-state index contributed by atoms with van der Waals surface area (Å²) in [7, 11) is 0. The van der Waals surface area contributed by atoms with Gasteiger partial charge >= 0.3 is 129 Å². The van der Waals surface area contributed by atoms with Gasteiger partial charge in [0.25, 0.3) is 0 Å². The standard InChI is InChI=1S/C14H16N4O2Se/c1-3-17(4-2)14-10-9-13(21-14)16-15-11-5-7-12(8-6-11)18(19)20/h5-10H,3-4H2,1-2H3. The molecule has 0 N–H and O–H groups in total. The van der Waals surface area contributed by atoms with E-state index in [1.165, 1.54) is 16.7 Å². The molecule has 0 bridgehead atoms. The Morgan fingerprint density at radius 1 is 1.10 bits per heavy atom. The van der Waals surface area contributed by atoms with Crippen molar-refractivity contribution in [2.24, 2.45) is 10.2 Å². The molecule has 0 aliphatic rings. The fourth-order valence-electron chi connectivity index (χ4n) is 1.82. The molecule has 1 heterocycles. The number of nitro benzene ring substituents is 1. The Hall–Kier alpha value is -1.98. The van der Waals surface area contributed by atoms with Crippen LogP contribution in [0.4, 0.5) is 20.5 Å². The van der Waals surface area contributed by atoms with Crippen molar-refractivity contribution in [3.05, 3.63) is 46.5 Å². The molecule has 0 saturated carbocycles. The first-order chi connectivity index (χ1) is 10.1. The number of hydrogen-bond donors (Lipinski definition) is 0. The molecule has 0 unspecified atom stereocenters. The Morgan fingerprint density at radius 2 is 1.76 bits per heavy atom. The summed E-state index contributed by atoms with van der Waals surface area (Å²) in [5.41, 5.74) is 0.678. The zero-order chi connectivity index (χ0) is 15.2. The van der Waals surface area contributed by atoms with Crippen LogP contribution in [-0.2, 0) is 0 Å². The third-order valence-electron chi connectivity index (χ3n) is 2.98. The van der Waals surface area contributed by atoms with Crippen molar-refractivity contribution in [1.82, 2.24) is 0 Å². The molecule has 0 atom stereocenters. The van der Waals surface area contributed by atoms with Crippen molar-refractivity contribution in [3.8, 4) is 0 Å². The molecule has 2 rings (SSSR count). The Bertz CT molecular complexity index is 633. The number of nitrogens with zero attached hydrogens (tertiary/aromatic N) is 4. The van der Waals surface area contributed by atoms with Crippen molar-refractivity contribution in [3.63, 3.8) is 0 Å². The molecule has 0 spiro atoms. The van der Waals surface area contributed by atoms with Crippen LogP contribution in [0.25, 0.3) is 0 Å². The van der Waals surface area contributed by atoms with Gasteiger partial charge in [0.2, 0.25) is 0 Å². The van der Waals surface area contributed by atoms with Gasteiger partial charge in [0.1, 0.15) is 0 Å². The van der Waals surface area contributed by atoms with Crippen LogP contribution in [-0.4, -0.2) is 32.5 Å². The predicted octanol–water partition coefficient (Wildman–Crippen LogP) is 3.91. The molecule has 0 radical (unpaired) electrons. The first-order valence-corrected chi connectivity index (χ1v) is 8.36. The Labute approximate surface area is 129 Å². The maximum atomic E-state index is 10.6. The van der Waals surface area contributed by atoms with Crippen molar-refractivity contribution < 1.29 is 4.92 Å². The summed E-state index contributed by atoms with van der Waals surface area (Å²) in [6.45, 7) is 6.25. The minimum atomic E-state index is -0.427. The number of nitro groups is 1. The number of anilines is 1. The van der Waals surface area contributed by atoms with Crippen molar-refractivity contribution in [1.29, 1.82) is 0 Å². The van der Waals surface area contributed by atoms with E-state index in [2.05, 4.69) is 35.0 Å². The SMILES string of the molecule is CCN(CC)c1ccc(N=Nc2ccc([N+](=O)[O-])cc2)[se]1. The summed E-state index contributed by atoms with van der Waals surface area (Å²) >= 11 is 0.177. The topological polar surface area (TPSA) is 71.1 Å². The van der Waals surface area contributed by atoms with Crippen molar-refractivity contribution in [2.45, 2.75) is 13.8 Å². The fraction of sp³-hybridized carbons (Fsp3) is 0.286. The van der Waals surface area contributed by atoms with Crippen LogP contribution in [0.3, 0.4) is 0 Å². The number of non-ortho nitro benzene ring substituents is 1. The van der Waals surface area contributed by atoms with Gasteiger partial charge in [-0.3, -0.25) is 0 Å². The first-order valence-electron chi connectivity index (χ1n) is 6.65. The van der Waals surface area contributed by atoms with E-state index in [0.29, 0.717) is 5.69 Å². The molecule has 1 aromatic carbocycles. The number of rotatable bonds is 6. The van der Waals surface area contributed by atoms with Crippen LogP contribution in [0.1, 0.15) is 13.8 Å². The van der Waals surface area contributed by atoms with Gasteiger partial charge in [0.15, 0.2) is 0 Å². The average Bonchev–Trinajstić information content (AvgIpc) is 2.96. The van der Waals surface area contributed by atoms with Gasteiger partial charge in [-0.15, -0.1) is 0 Å². The van der Waals surface area contributed by atoms with Crippen LogP contribution < -0.4 is 4.90 Å². The first kappa shape index (κ1) is 15.4. The van der Waals surface area contributed by atoms with Gasteiger partial charge in [0, 0.05) is 0 Å².